The van der Waals surface area contributed by atoms with E-state index in [0.29, 0.717) is 23.7 Å². The monoisotopic (exact) mass is 346 g/mol. The number of carbonyl (C=O) groups is 2. The largest absolute Gasteiger partial charge is 0.493 e. The number of nitrogens with one attached hydrogen (secondary N) is 2. The Morgan fingerprint density at radius 2 is 1.70 bits per heavy atom. The maximum atomic E-state index is 12.1. The second kappa shape index (κ2) is 9.91. The Morgan fingerprint density at radius 3 is 2.17 bits per heavy atom. The van der Waals surface area contributed by atoms with Gasteiger partial charge in [-0.1, -0.05) is 6.92 Å². The van der Waals surface area contributed by atoms with E-state index < -0.39 is 5.97 Å². The van der Waals surface area contributed by atoms with Crippen LogP contribution in [-0.2, 0) is 9.53 Å². The zero-order chi connectivity index (χ0) is 16.7. The van der Waals surface area contributed by atoms with E-state index in [0.717, 1.165) is 0 Å². The van der Waals surface area contributed by atoms with Gasteiger partial charge in [0.15, 0.2) is 11.5 Å². The SMILES string of the molecule is CNCC(C)C(=O)Nc1cc(OC)c(OC)cc1C(=O)OC.Cl. The van der Waals surface area contributed by atoms with Crippen LogP contribution in [0.5, 0.6) is 11.5 Å². The minimum Gasteiger partial charge on any atom is -0.493 e. The van der Waals surface area contributed by atoms with Gasteiger partial charge >= 0.3 is 5.97 Å². The number of rotatable bonds is 7. The molecule has 8 heteroatoms. The number of hydrogen-bond acceptors (Lipinski definition) is 6. The summed E-state index contributed by atoms with van der Waals surface area (Å²) in [6, 6.07) is 3.01. The third-order valence-electron chi connectivity index (χ3n) is 3.14. The van der Waals surface area contributed by atoms with Gasteiger partial charge in [0.2, 0.25) is 5.91 Å². The summed E-state index contributed by atoms with van der Waals surface area (Å²) in [5.41, 5.74) is 0.516. The van der Waals surface area contributed by atoms with Gasteiger partial charge in [0, 0.05) is 24.6 Å². The van der Waals surface area contributed by atoms with Crippen molar-refractivity contribution in [2.24, 2.45) is 5.92 Å². The molecule has 1 rings (SSSR count). The molecule has 0 spiro atoms. The highest BCUT2D eigenvalue weighted by molar-refractivity contribution is 6.02. The van der Waals surface area contributed by atoms with Crippen molar-refractivity contribution >= 4 is 30.0 Å². The molecule has 0 saturated carbocycles. The first-order chi connectivity index (χ1) is 10.5. The minimum atomic E-state index is -0.572. The van der Waals surface area contributed by atoms with E-state index in [1.165, 1.54) is 33.5 Å². The van der Waals surface area contributed by atoms with E-state index in [2.05, 4.69) is 10.6 Å². The van der Waals surface area contributed by atoms with Gasteiger partial charge in [-0.25, -0.2) is 4.79 Å². The van der Waals surface area contributed by atoms with E-state index in [1.807, 2.05) is 0 Å². The molecule has 0 aliphatic rings. The van der Waals surface area contributed by atoms with E-state index in [4.69, 9.17) is 14.2 Å². The van der Waals surface area contributed by atoms with Crippen molar-refractivity contribution in [1.29, 1.82) is 0 Å². The Labute approximate surface area is 142 Å². The van der Waals surface area contributed by atoms with Crippen LogP contribution in [0.2, 0.25) is 0 Å². The zero-order valence-corrected chi connectivity index (χ0v) is 14.7. The van der Waals surface area contributed by atoms with Gasteiger partial charge in [-0.05, 0) is 7.05 Å². The lowest BCUT2D eigenvalue weighted by molar-refractivity contribution is -0.119. The van der Waals surface area contributed by atoms with Gasteiger partial charge in [-0.15, -0.1) is 12.4 Å². The summed E-state index contributed by atoms with van der Waals surface area (Å²) in [4.78, 5) is 24.0. The summed E-state index contributed by atoms with van der Waals surface area (Å²) >= 11 is 0. The number of halogens is 1. The van der Waals surface area contributed by atoms with Gasteiger partial charge < -0.3 is 24.8 Å². The predicted molar refractivity (Wildman–Crippen MR) is 89.9 cm³/mol. The molecule has 1 atom stereocenters. The van der Waals surface area contributed by atoms with Crippen LogP contribution in [0.4, 0.5) is 5.69 Å². The van der Waals surface area contributed by atoms with Crippen LogP contribution in [0, 0.1) is 5.92 Å². The van der Waals surface area contributed by atoms with E-state index in [9.17, 15) is 9.59 Å². The second-order valence-electron chi connectivity index (χ2n) is 4.69. The number of anilines is 1. The summed E-state index contributed by atoms with van der Waals surface area (Å²) in [5, 5.41) is 5.65. The summed E-state index contributed by atoms with van der Waals surface area (Å²) < 4.78 is 15.1. The van der Waals surface area contributed by atoms with E-state index >= 15 is 0 Å². The molecule has 0 aliphatic carbocycles. The van der Waals surface area contributed by atoms with Gasteiger partial charge in [-0.3, -0.25) is 4.79 Å². The van der Waals surface area contributed by atoms with Gasteiger partial charge in [0.1, 0.15) is 0 Å². The van der Waals surface area contributed by atoms with E-state index in [-0.39, 0.29) is 29.8 Å². The fourth-order valence-corrected chi connectivity index (χ4v) is 1.92. The topological polar surface area (TPSA) is 85.9 Å². The molecule has 1 aromatic carbocycles. The fraction of sp³-hybridized carbons (Fsp3) is 0.467. The highest BCUT2D eigenvalue weighted by Gasteiger charge is 2.20. The lowest BCUT2D eigenvalue weighted by atomic mass is 10.1. The number of methoxy groups -OCH3 is 3. The normalized spacial score (nSPS) is 11.0. The maximum Gasteiger partial charge on any atom is 0.340 e. The van der Waals surface area contributed by atoms with Crippen molar-refractivity contribution in [2.75, 3.05) is 40.2 Å². The van der Waals surface area contributed by atoms with Crippen LogP contribution < -0.4 is 20.1 Å². The maximum absolute atomic E-state index is 12.1. The standard InChI is InChI=1S/C15H22N2O5.ClH/c1-9(8-16-2)14(18)17-11-7-13(21-4)12(20-3)6-10(11)15(19)22-5;/h6-7,9,16H,8H2,1-5H3,(H,17,18);1H. The molecular weight excluding hydrogens is 324 g/mol. The zero-order valence-electron chi connectivity index (χ0n) is 13.9. The molecule has 1 aromatic rings. The summed E-state index contributed by atoms with van der Waals surface area (Å²) in [5.74, 6) is -0.260. The molecule has 23 heavy (non-hydrogen) atoms. The second-order valence-corrected chi connectivity index (χ2v) is 4.69. The number of benzene rings is 1. The van der Waals surface area contributed by atoms with Crippen molar-refractivity contribution in [1.82, 2.24) is 5.32 Å². The molecule has 7 nitrogen and oxygen atoms in total. The Hall–Kier alpha value is -1.99. The van der Waals surface area contributed by atoms with Gasteiger partial charge in [0.25, 0.3) is 0 Å². The molecular formula is C15H23ClN2O5. The molecule has 0 aliphatic heterocycles. The van der Waals surface area contributed by atoms with Crippen molar-refractivity contribution < 1.29 is 23.8 Å². The average molecular weight is 347 g/mol. The third kappa shape index (κ3) is 5.30. The molecule has 0 aromatic heterocycles. The lowest BCUT2D eigenvalue weighted by Crippen LogP contribution is -2.29. The third-order valence-corrected chi connectivity index (χ3v) is 3.14. The molecule has 2 N–H and O–H groups in total. The Balaban J connectivity index is 0.00000484. The van der Waals surface area contributed by atoms with Crippen LogP contribution >= 0.6 is 12.4 Å². The van der Waals surface area contributed by atoms with Crippen LogP contribution in [0.25, 0.3) is 0 Å². The van der Waals surface area contributed by atoms with Crippen LogP contribution in [0.1, 0.15) is 17.3 Å². The number of ether oxygens (including phenoxy) is 3. The average Bonchev–Trinajstić information content (AvgIpc) is 2.53. The van der Waals surface area contributed by atoms with Gasteiger partial charge in [0.05, 0.1) is 32.6 Å². The molecule has 0 saturated heterocycles. The van der Waals surface area contributed by atoms with Crippen molar-refractivity contribution in [2.45, 2.75) is 6.92 Å². The predicted octanol–water partition coefficient (Wildman–Crippen LogP) is 1.71. The first-order valence-electron chi connectivity index (χ1n) is 6.78. The molecule has 0 heterocycles. The number of amides is 1. The molecule has 130 valence electrons. The number of esters is 1. The Morgan fingerprint density at radius 1 is 1.13 bits per heavy atom. The lowest BCUT2D eigenvalue weighted by Gasteiger charge is -2.16. The molecule has 1 amide bonds. The first kappa shape index (κ1) is 21.0. The number of hydrogen-bond donors (Lipinski definition) is 2. The van der Waals surface area contributed by atoms with Crippen molar-refractivity contribution in [3.8, 4) is 11.5 Å². The van der Waals surface area contributed by atoms with Crippen molar-refractivity contribution in [3.63, 3.8) is 0 Å². The molecule has 0 bridgehead atoms. The molecule has 0 fully saturated rings. The smallest absolute Gasteiger partial charge is 0.340 e. The van der Waals surface area contributed by atoms with Crippen molar-refractivity contribution in [3.05, 3.63) is 17.7 Å². The number of carbonyl (C=O) groups excluding carboxylic acids is 2. The van der Waals surface area contributed by atoms with Crippen LogP contribution in [-0.4, -0.2) is 46.8 Å². The van der Waals surface area contributed by atoms with Gasteiger partial charge in [-0.2, -0.15) is 0 Å². The minimum absolute atomic E-state index is 0. The molecule has 1 unspecified atom stereocenters. The first-order valence-corrected chi connectivity index (χ1v) is 6.78. The highest BCUT2D eigenvalue weighted by Crippen LogP contribution is 2.33. The van der Waals surface area contributed by atoms with Crippen LogP contribution in [0.15, 0.2) is 12.1 Å². The molecule has 0 radical (unpaired) electrons. The summed E-state index contributed by atoms with van der Waals surface area (Å²) in [6.07, 6.45) is 0. The summed E-state index contributed by atoms with van der Waals surface area (Å²) in [6.45, 7) is 2.30. The Bertz CT molecular complexity index is 551. The Kier molecular flexibility index (Phi) is 9.05. The fourth-order valence-electron chi connectivity index (χ4n) is 1.92. The quantitative estimate of drug-likeness (QED) is 0.731. The van der Waals surface area contributed by atoms with E-state index in [1.54, 1.807) is 14.0 Å². The van der Waals surface area contributed by atoms with Crippen LogP contribution in [0.3, 0.4) is 0 Å². The summed E-state index contributed by atoms with van der Waals surface area (Å²) in [7, 11) is 5.98. The highest BCUT2D eigenvalue weighted by atomic mass is 35.5.